The Kier molecular flexibility index (Phi) is 4.08. The molecule has 0 aromatic carbocycles. The van der Waals surface area contributed by atoms with Gasteiger partial charge in [-0.2, -0.15) is 0 Å². The van der Waals surface area contributed by atoms with E-state index in [0.29, 0.717) is 13.0 Å². The van der Waals surface area contributed by atoms with Crippen LogP contribution in [0.15, 0.2) is 0 Å². The minimum atomic E-state index is 0.154. The van der Waals surface area contributed by atoms with E-state index < -0.39 is 0 Å². The smallest absolute Gasteiger partial charge is 0.246 e. The van der Waals surface area contributed by atoms with Gasteiger partial charge in [-0.3, -0.25) is 9.63 Å². The molecule has 1 rings (SSSR count). The lowest BCUT2D eigenvalue weighted by molar-refractivity contribution is -0.168. The van der Waals surface area contributed by atoms with Gasteiger partial charge in [-0.15, -0.1) is 0 Å². The molecule has 0 aliphatic carbocycles. The van der Waals surface area contributed by atoms with Crippen LogP contribution in [-0.2, 0) is 9.63 Å². The quantitative estimate of drug-likeness (QED) is 0.603. The molecule has 0 radical (unpaired) electrons. The molecule has 1 aliphatic rings. The average Bonchev–Trinajstić information content (AvgIpc) is 2.56. The summed E-state index contributed by atoms with van der Waals surface area (Å²) >= 11 is 0. The van der Waals surface area contributed by atoms with Gasteiger partial charge in [0.15, 0.2) is 0 Å². The van der Waals surface area contributed by atoms with Crippen LogP contribution in [0.5, 0.6) is 0 Å². The zero-order valence-electron chi connectivity index (χ0n) is 7.71. The molecule has 1 heterocycles. The highest BCUT2D eigenvalue weighted by Gasteiger charge is 2.17. The van der Waals surface area contributed by atoms with Crippen LogP contribution in [0.4, 0.5) is 0 Å². The number of unbranched alkanes of at least 4 members (excludes halogenated alkanes) is 2. The highest BCUT2D eigenvalue weighted by Crippen LogP contribution is 2.08. The van der Waals surface area contributed by atoms with Gasteiger partial charge in [-0.25, -0.2) is 5.06 Å². The molecule has 0 atom stereocenters. The minimum absolute atomic E-state index is 0.154. The fraction of sp³-hybridized carbons (Fsp3) is 0.889. The fourth-order valence-corrected chi connectivity index (χ4v) is 1.30. The van der Waals surface area contributed by atoms with E-state index in [2.05, 4.69) is 6.92 Å². The maximum absolute atomic E-state index is 11.3. The summed E-state index contributed by atoms with van der Waals surface area (Å²) in [5.74, 6) is 0.154. The van der Waals surface area contributed by atoms with Crippen molar-refractivity contribution in [3.05, 3.63) is 0 Å². The van der Waals surface area contributed by atoms with E-state index in [4.69, 9.17) is 4.84 Å². The predicted molar refractivity (Wildman–Crippen MR) is 46.4 cm³/mol. The largest absolute Gasteiger partial charge is 0.273 e. The molecule has 1 amide bonds. The third-order valence-corrected chi connectivity index (χ3v) is 2.03. The molecule has 0 aromatic rings. The van der Waals surface area contributed by atoms with Crippen LogP contribution < -0.4 is 0 Å². The van der Waals surface area contributed by atoms with Crippen molar-refractivity contribution in [2.45, 2.75) is 39.0 Å². The first kappa shape index (κ1) is 9.52. The summed E-state index contributed by atoms with van der Waals surface area (Å²) in [6.07, 6.45) is 4.93. The lowest BCUT2D eigenvalue weighted by Gasteiger charge is -2.12. The lowest BCUT2D eigenvalue weighted by Crippen LogP contribution is -2.25. The van der Waals surface area contributed by atoms with Gasteiger partial charge in [-0.05, 0) is 12.8 Å². The average molecular weight is 171 g/mol. The van der Waals surface area contributed by atoms with Crippen molar-refractivity contribution in [3.63, 3.8) is 0 Å². The normalized spacial score (nSPS) is 16.9. The molecule has 0 saturated carbocycles. The van der Waals surface area contributed by atoms with E-state index in [1.54, 1.807) is 0 Å². The van der Waals surface area contributed by atoms with Gasteiger partial charge in [0.05, 0.1) is 13.2 Å². The second kappa shape index (κ2) is 5.14. The summed E-state index contributed by atoms with van der Waals surface area (Å²) in [5, 5.41) is 1.51. The second-order valence-electron chi connectivity index (χ2n) is 3.14. The Labute approximate surface area is 73.6 Å². The zero-order valence-corrected chi connectivity index (χ0v) is 7.71. The first-order valence-electron chi connectivity index (χ1n) is 4.78. The molecule has 0 N–H and O–H groups in total. The van der Waals surface area contributed by atoms with Crippen LogP contribution in [0.25, 0.3) is 0 Å². The Hall–Kier alpha value is -0.570. The van der Waals surface area contributed by atoms with Gasteiger partial charge in [0, 0.05) is 6.42 Å². The Morgan fingerprint density at radius 2 is 2.33 bits per heavy atom. The van der Waals surface area contributed by atoms with Gasteiger partial charge in [0.1, 0.15) is 0 Å². The molecule has 0 unspecified atom stereocenters. The monoisotopic (exact) mass is 171 g/mol. The van der Waals surface area contributed by atoms with Crippen LogP contribution in [0.3, 0.4) is 0 Å². The van der Waals surface area contributed by atoms with E-state index >= 15 is 0 Å². The van der Waals surface area contributed by atoms with Crippen LogP contribution in [0.2, 0.25) is 0 Å². The molecular formula is C9H17NO2. The van der Waals surface area contributed by atoms with Crippen molar-refractivity contribution < 1.29 is 9.63 Å². The third kappa shape index (κ3) is 2.81. The minimum Gasteiger partial charge on any atom is -0.273 e. The number of hydrogen-bond acceptors (Lipinski definition) is 2. The van der Waals surface area contributed by atoms with Crippen LogP contribution in [0, 0.1) is 0 Å². The molecule has 0 spiro atoms. The summed E-state index contributed by atoms with van der Waals surface area (Å²) in [6.45, 7) is 3.63. The van der Waals surface area contributed by atoms with Crippen molar-refractivity contribution in [2.24, 2.45) is 0 Å². The first-order valence-corrected chi connectivity index (χ1v) is 4.78. The Balaban J connectivity index is 2.10. The van der Waals surface area contributed by atoms with Crippen molar-refractivity contribution in [3.8, 4) is 0 Å². The number of hydrogen-bond donors (Lipinski definition) is 0. The molecule has 0 aromatic heterocycles. The standard InChI is InChI=1S/C9H17NO2/c1-2-3-4-6-9(11)10-7-5-8-12-10/h2-8H2,1H3. The van der Waals surface area contributed by atoms with Gasteiger partial charge < -0.3 is 0 Å². The molecule has 1 saturated heterocycles. The fourth-order valence-electron chi connectivity index (χ4n) is 1.30. The molecular weight excluding hydrogens is 154 g/mol. The highest BCUT2D eigenvalue weighted by molar-refractivity contribution is 5.75. The SMILES string of the molecule is CCCCCC(=O)N1CCCO1. The van der Waals surface area contributed by atoms with Gasteiger partial charge >= 0.3 is 0 Å². The predicted octanol–water partition coefficient (Wildman–Crippen LogP) is 1.73. The summed E-state index contributed by atoms with van der Waals surface area (Å²) < 4.78 is 0. The molecule has 0 bridgehead atoms. The van der Waals surface area contributed by atoms with Gasteiger partial charge in [-0.1, -0.05) is 19.8 Å². The number of hydroxylamine groups is 2. The molecule has 1 fully saturated rings. The third-order valence-electron chi connectivity index (χ3n) is 2.03. The van der Waals surface area contributed by atoms with E-state index in [1.165, 1.54) is 5.06 Å². The summed E-state index contributed by atoms with van der Waals surface area (Å²) in [7, 11) is 0. The molecule has 70 valence electrons. The lowest BCUT2D eigenvalue weighted by atomic mass is 10.2. The van der Waals surface area contributed by atoms with E-state index in [1.807, 2.05) is 0 Å². The number of rotatable bonds is 4. The number of carbonyl (C=O) groups excluding carboxylic acids is 1. The topological polar surface area (TPSA) is 29.5 Å². The second-order valence-corrected chi connectivity index (χ2v) is 3.14. The number of amides is 1. The van der Waals surface area contributed by atoms with Crippen LogP contribution in [0.1, 0.15) is 39.0 Å². The number of carbonyl (C=O) groups is 1. The molecule has 12 heavy (non-hydrogen) atoms. The molecule has 3 heteroatoms. The highest BCUT2D eigenvalue weighted by atomic mass is 16.7. The summed E-state index contributed by atoms with van der Waals surface area (Å²) in [6, 6.07) is 0. The van der Waals surface area contributed by atoms with E-state index in [0.717, 1.165) is 32.2 Å². The van der Waals surface area contributed by atoms with Crippen molar-refractivity contribution in [1.82, 2.24) is 5.06 Å². The summed E-state index contributed by atoms with van der Waals surface area (Å²) in [4.78, 5) is 16.5. The Morgan fingerprint density at radius 1 is 1.50 bits per heavy atom. The maximum atomic E-state index is 11.3. The number of nitrogens with zero attached hydrogens (tertiary/aromatic N) is 1. The first-order chi connectivity index (χ1) is 5.84. The Morgan fingerprint density at radius 3 is 2.92 bits per heavy atom. The Bertz CT molecular complexity index is 141. The maximum Gasteiger partial charge on any atom is 0.246 e. The van der Waals surface area contributed by atoms with E-state index in [9.17, 15) is 4.79 Å². The van der Waals surface area contributed by atoms with Crippen LogP contribution in [-0.4, -0.2) is 24.1 Å². The molecule has 3 nitrogen and oxygen atoms in total. The van der Waals surface area contributed by atoms with Gasteiger partial charge in [0.2, 0.25) is 5.91 Å². The molecule has 1 aliphatic heterocycles. The van der Waals surface area contributed by atoms with Crippen LogP contribution >= 0.6 is 0 Å². The summed E-state index contributed by atoms with van der Waals surface area (Å²) in [5.41, 5.74) is 0. The van der Waals surface area contributed by atoms with Crippen molar-refractivity contribution >= 4 is 5.91 Å². The van der Waals surface area contributed by atoms with Crippen molar-refractivity contribution in [1.29, 1.82) is 0 Å². The van der Waals surface area contributed by atoms with Gasteiger partial charge in [0.25, 0.3) is 0 Å². The van der Waals surface area contributed by atoms with E-state index in [-0.39, 0.29) is 5.91 Å². The van der Waals surface area contributed by atoms with Crippen molar-refractivity contribution in [2.75, 3.05) is 13.2 Å². The zero-order chi connectivity index (χ0) is 8.81.